The molecular weight excluding hydrogens is 360 g/mol. The van der Waals surface area contributed by atoms with Gasteiger partial charge in [0.05, 0.1) is 4.47 Å². The number of halogens is 1. The van der Waals surface area contributed by atoms with Crippen molar-refractivity contribution in [3.63, 3.8) is 0 Å². The first-order valence-corrected chi connectivity index (χ1v) is 7.80. The van der Waals surface area contributed by atoms with E-state index in [1.165, 1.54) is 0 Å². The van der Waals surface area contributed by atoms with Gasteiger partial charge in [0.1, 0.15) is 5.75 Å². The lowest BCUT2D eigenvalue weighted by molar-refractivity contribution is -0.118. The Bertz CT molecular complexity index is 714. The third-order valence-electron chi connectivity index (χ3n) is 3.10. The quantitative estimate of drug-likeness (QED) is 0.842. The van der Waals surface area contributed by atoms with E-state index in [9.17, 15) is 9.59 Å². The zero-order valence-corrected chi connectivity index (χ0v) is 14.4. The molecule has 0 aromatic heterocycles. The van der Waals surface area contributed by atoms with Gasteiger partial charge in [0.25, 0.3) is 11.8 Å². The zero-order chi connectivity index (χ0) is 16.8. The predicted octanol–water partition coefficient (Wildman–Crippen LogP) is 3.13. The second kappa shape index (κ2) is 7.78. The molecule has 23 heavy (non-hydrogen) atoms. The van der Waals surface area contributed by atoms with E-state index < -0.39 is 0 Å². The molecule has 0 aliphatic carbocycles. The highest BCUT2D eigenvalue weighted by molar-refractivity contribution is 9.10. The number of carbonyl (C=O) groups is 2. The summed E-state index contributed by atoms with van der Waals surface area (Å²) in [6.07, 6.45) is 0. The second-order valence-electron chi connectivity index (χ2n) is 4.93. The van der Waals surface area contributed by atoms with E-state index in [1.54, 1.807) is 31.3 Å². The molecular formula is C17H17BrN2O3. The molecule has 0 unspecified atom stereocenters. The van der Waals surface area contributed by atoms with Gasteiger partial charge in [-0.3, -0.25) is 9.59 Å². The third kappa shape index (κ3) is 4.82. The fourth-order valence-corrected chi connectivity index (χ4v) is 2.52. The summed E-state index contributed by atoms with van der Waals surface area (Å²) in [5.74, 6) is 0.168. The van der Waals surface area contributed by atoms with E-state index in [2.05, 4.69) is 26.6 Å². The minimum atomic E-state index is -0.273. The van der Waals surface area contributed by atoms with Gasteiger partial charge < -0.3 is 15.4 Å². The Balaban J connectivity index is 1.90. The minimum absolute atomic E-state index is 0.0984. The van der Waals surface area contributed by atoms with Gasteiger partial charge in [-0.05, 0) is 64.8 Å². The van der Waals surface area contributed by atoms with Gasteiger partial charge in [-0.2, -0.15) is 0 Å². The van der Waals surface area contributed by atoms with Crippen molar-refractivity contribution in [3.8, 4) is 5.75 Å². The first kappa shape index (κ1) is 17.0. The number of amides is 2. The van der Waals surface area contributed by atoms with Crippen LogP contribution >= 0.6 is 15.9 Å². The van der Waals surface area contributed by atoms with E-state index in [-0.39, 0.29) is 18.4 Å². The summed E-state index contributed by atoms with van der Waals surface area (Å²) in [5, 5.41) is 5.25. The molecule has 0 bridgehead atoms. The van der Waals surface area contributed by atoms with Crippen LogP contribution in [0.3, 0.4) is 0 Å². The molecule has 2 N–H and O–H groups in total. The Morgan fingerprint density at radius 2 is 1.83 bits per heavy atom. The molecule has 2 amide bonds. The molecule has 2 aromatic carbocycles. The lowest BCUT2D eigenvalue weighted by atomic mass is 10.2. The van der Waals surface area contributed by atoms with Crippen LogP contribution in [0.4, 0.5) is 5.69 Å². The van der Waals surface area contributed by atoms with Crippen LogP contribution < -0.4 is 15.4 Å². The van der Waals surface area contributed by atoms with Gasteiger partial charge in [-0.1, -0.05) is 6.07 Å². The largest absolute Gasteiger partial charge is 0.483 e. The van der Waals surface area contributed by atoms with Gasteiger partial charge in [-0.25, -0.2) is 0 Å². The summed E-state index contributed by atoms with van der Waals surface area (Å²) < 4.78 is 6.29. The Morgan fingerprint density at radius 3 is 2.43 bits per heavy atom. The fraction of sp³-hybridized carbons (Fsp3) is 0.176. The number of ether oxygens (including phenoxy) is 1. The SMILES string of the molecule is CNC(=O)c1ccc(NC(=O)COc2ccc(C)cc2Br)cc1. The number of anilines is 1. The average Bonchev–Trinajstić information content (AvgIpc) is 2.54. The molecule has 0 fully saturated rings. The molecule has 0 heterocycles. The Morgan fingerprint density at radius 1 is 1.13 bits per heavy atom. The molecule has 0 aliphatic heterocycles. The number of hydrogen-bond acceptors (Lipinski definition) is 3. The van der Waals surface area contributed by atoms with Crippen LogP contribution in [0, 0.1) is 6.92 Å². The molecule has 0 saturated carbocycles. The van der Waals surface area contributed by atoms with Gasteiger partial charge in [0.15, 0.2) is 6.61 Å². The molecule has 120 valence electrons. The van der Waals surface area contributed by atoms with Crippen LogP contribution in [0.2, 0.25) is 0 Å². The van der Waals surface area contributed by atoms with Crippen LogP contribution in [0.25, 0.3) is 0 Å². The first-order valence-electron chi connectivity index (χ1n) is 7.00. The van der Waals surface area contributed by atoms with Crippen molar-refractivity contribution in [1.82, 2.24) is 5.32 Å². The highest BCUT2D eigenvalue weighted by Gasteiger charge is 2.07. The summed E-state index contributed by atoms with van der Waals surface area (Å²) in [4.78, 5) is 23.3. The summed E-state index contributed by atoms with van der Waals surface area (Å²) >= 11 is 3.40. The average molecular weight is 377 g/mol. The van der Waals surface area contributed by atoms with Crippen molar-refractivity contribution >= 4 is 33.4 Å². The fourth-order valence-electron chi connectivity index (χ4n) is 1.91. The van der Waals surface area contributed by atoms with E-state index >= 15 is 0 Å². The molecule has 0 aliphatic rings. The Labute approximate surface area is 143 Å². The van der Waals surface area contributed by atoms with Crippen LogP contribution in [-0.4, -0.2) is 25.5 Å². The van der Waals surface area contributed by atoms with Crippen LogP contribution in [-0.2, 0) is 4.79 Å². The lowest BCUT2D eigenvalue weighted by Gasteiger charge is -2.09. The maximum Gasteiger partial charge on any atom is 0.262 e. The van der Waals surface area contributed by atoms with E-state index in [1.807, 2.05) is 25.1 Å². The second-order valence-corrected chi connectivity index (χ2v) is 5.78. The number of aryl methyl sites for hydroxylation is 1. The van der Waals surface area contributed by atoms with E-state index in [4.69, 9.17) is 4.74 Å². The van der Waals surface area contributed by atoms with Crippen molar-refractivity contribution in [2.75, 3.05) is 19.0 Å². The monoisotopic (exact) mass is 376 g/mol. The highest BCUT2D eigenvalue weighted by Crippen LogP contribution is 2.25. The summed E-state index contributed by atoms with van der Waals surface area (Å²) in [6.45, 7) is 1.88. The topological polar surface area (TPSA) is 67.4 Å². The molecule has 5 nitrogen and oxygen atoms in total. The van der Waals surface area contributed by atoms with E-state index in [0.717, 1.165) is 10.0 Å². The van der Waals surface area contributed by atoms with Crippen LogP contribution in [0.15, 0.2) is 46.9 Å². The number of carbonyl (C=O) groups excluding carboxylic acids is 2. The number of nitrogens with one attached hydrogen (secondary N) is 2. The van der Waals surface area contributed by atoms with Gasteiger partial charge in [-0.15, -0.1) is 0 Å². The number of benzene rings is 2. The molecule has 0 spiro atoms. The van der Waals surface area contributed by atoms with Crippen molar-refractivity contribution in [3.05, 3.63) is 58.1 Å². The first-order chi connectivity index (χ1) is 11.0. The van der Waals surface area contributed by atoms with E-state index in [0.29, 0.717) is 17.0 Å². The normalized spacial score (nSPS) is 10.0. The summed E-state index contributed by atoms with van der Waals surface area (Å²) in [7, 11) is 1.57. The molecule has 0 atom stereocenters. The van der Waals surface area contributed by atoms with Crippen molar-refractivity contribution in [2.24, 2.45) is 0 Å². The van der Waals surface area contributed by atoms with Gasteiger partial charge >= 0.3 is 0 Å². The Hall–Kier alpha value is -2.34. The zero-order valence-electron chi connectivity index (χ0n) is 12.9. The predicted molar refractivity (Wildman–Crippen MR) is 92.8 cm³/mol. The number of rotatable bonds is 5. The third-order valence-corrected chi connectivity index (χ3v) is 3.72. The maximum atomic E-state index is 11.9. The molecule has 0 saturated heterocycles. The van der Waals surface area contributed by atoms with Crippen LogP contribution in [0.1, 0.15) is 15.9 Å². The minimum Gasteiger partial charge on any atom is -0.483 e. The smallest absolute Gasteiger partial charge is 0.262 e. The van der Waals surface area contributed by atoms with Crippen molar-refractivity contribution in [1.29, 1.82) is 0 Å². The number of hydrogen-bond donors (Lipinski definition) is 2. The summed E-state index contributed by atoms with van der Waals surface area (Å²) in [5.41, 5.74) is 2.24. The Kier molecular flexibility index (Phi) is 5.76. The molecule has 6 heteroatoms. The molecule has 2 rings (SSSR count). The molecule has 2 aromatic rings. The lowest BCUT2D eigenvalue weighted by Crippen LogP contribution is -2.21. The highest BCUT2D eigenvalue weighted by atomic mass is 79.9. The maximum absolute atomic E-state index is 11.9. The van der Waals surface area contributed by atoms with Crippen molar-refractivity contribution in [2.45, 2.75) is 6.92 Å². The summed E-state index contributed by atoms with van der Waals surface area (Å²) in [6, 6.07) is 12.3. The van der Waals surface area contributed by atoms with Crippen LogP contribution in [0.5, 0.6) is 5.75 Å². The van der Waals surface area contributed by atoms with Gasteiger partial charge in [0, 0.05) is 18.3 Å². The molecule has 0 radical (unpaired) electrons. The van der Waals surface area contributed by atoms with Crippen molar-refractivity contribution < 1.29 is 14.3 Å². The standard InChI is InChI=1S/C17H17BrN2O3/c1-11-3-8-15(14(18)9-11)23-10-16(21)20-13-6-4-12(5-7-13)17(22)19-2/h3-9H,10H2,1-2H3,(H,19,22)(H,20,21). The van der Waals surface area contributed by atoms with Gasteiger partial charge in [0.2, 0.25) is 0 Å².